The molecule has 0 fully saturated rings. The van der Waals surface area contributed by atoms with Gasteiger partial charge in [0.05, 0.1) is 0 Å². The Bertz CT molecular complexity index is 466. The maximum absolute atomic E-state index is 12.2. The average molecular weight is 264 g/mol. The molecule has 0 saturated heterocycles. The molecule has 0 aromatic heterocycles. The molecule has 6 heteroatoms. The van der Waals surface area contributed by atoms with Crippen LogP contribution >= 0.6 is 0 Å². The molecule has 0 aliphatic heterocycles. The number of allylic oxidation sites excluding steroid dienone is 1. The third-order valence-electron chi connectivity index (χ3n) is 2.28. The molecule has 0 radical (unpaired) electrons. The van der Waals surface area contributed by atoms with Crippen LogP contribution in [0.5, 0.6) is 0 Å². The second-order valence-electron chi connectivity index (χ2n) is 3.70. The lowest BCUT2D eigenvalue weighted by molar-refractivity contribution is -0.0967. The van der Waals surface area contributed by atoms with Gasteiger partial charge in [-0.3, -0.25) is 4.79 Å². The van der Waals surface area contributed by atoms with E-state index in [1.807, 2.05) is 0 Å². The van der Waals surface area contributed by atoms with Crippen molar-refractivity contribution >= 4 is 5.78 Å². The summed E-state index contributed by atoms with van der Waals surface area (Å²) in [6.07, 6.45) is -9.42. The number of alkyl halides is 3. The third-order valence-corrected chi connectivity index (χ3v) is 2.28. The zero-order chi connectivity index (χ0) is 13.9. The molecule has 18 heavy (non-hydrogen) atoms. The summed E-state index contributed by atoms with van der Waals surface area (Å²) in [7, 11) is 0. The summed E-state index contributed by atoms with van der Waals surface area (Å²) < 4.78 is 60.9. The van der Waals surface area contributed by atoms with Crippen LogP contribution in [0.1, 0.15) is 22.3 Å². The number of carbonyl (C=O) groups is 1. The van der Waals surface area contributed by atoms with Crippen molar-refractivity contribution in [3.8, 4) is 0 Å². The van der Waals surface area contributed by atoms with Gasteiger partial charge in [-0.2, -0.15) is 22.0 Å². The fraction of sp³-hybridized carbons (Fsp3) is 0.250. The molecule has 1 aromatic rings. The number of aryl methyl sites for hydroxylation is 1. The van der Waals surface area contributed by atoms with Crippen molar-refractivity contribution in [2.75, 3.05) is 0 Å². The van der Waals surface area contributed by atoms with Crippen molar-refractivity contribution in [3.63, 3.8) is 0 Å². The molecule has 0 amide bonds. The molecule has 0 spiro atoms. The second-order valence-corrected chi connectivity index (χ2v) is 3.70. The van der Waals surface area contributed by atoms with Gasteiger partial charge in [-0.1, -0.05) is 29.8 Å². The summed E-state index contributed by atoms with van der Waals surface area (Å²) in [6, 6.07) is 5.66. The fourth-order valence-electron chi connectivity index (χ4n) is 1.28. The van der Waals surface area contributed by atoms with Crippen molar-refractivity contribution in [2.24, 2.45) is 0 Å². The standard InChI is InChI=1S/C12H9F5O/c1-7-2-4-8(5-3-7)10(18)6-9(11(13)14)12(15,16)17/h2-5H,6H2,1H3. The second kappa shape index (κ2) is 5.29. The van der Waals surface area contributed by atoms with E-state index in [1.165, 1.54) is 24.3 Å². The summed E-state index contributed by atoms with van der Waals surface area (Å²) >= 11 is 0. The lowest BCUT2D eigenvalue weighted by Gasteiger charge is -2.09. The van der Waals surface area contributed by atoms with Crippen LogP contribution in [0.25, 0.3) is 0 Å². The molecule has 1 nitrogen and oxygen atoms in total. The fourth-order valence-corrected chi connectivity index (χ4v) is 1.28. The monoisotopic (exact) mass is 264 g/mol. The van der Waals surface area contributed by atoms with E-state index < -0.39 is 30.0 Å². The van der Waals surface area contributed by atoms with Gasteiger partial charge in [0.2, 0.25) is 0 Å². The summed E-state index contributed by atoms with van der Waals surface area (Å²) in [4.78, 5) is 11.5. The van der Waals surface area contributed by atoms with E-state index >= 15 is 0 Å². The molecule has 0 bridgehead atoms. The predicted molar refractivity (Wildman–Crippen MR) is 55.4 cm³/mol. The molecule has 98 valence electrons. The van der Waals surface area contributed by atoms with Crippen LogP contribution in [-0.4, -0.2) is 12.0 Å². The topological polar surface area (TPSA) is 17.1 Å². The molecule has 0 saturated carbocycles. The maximum atomic E-state index is 12.2. The normalized spacial score (nSPS) is 11.2. The third kappa shape index (κ3) is 3.65. The zero-order valence-electron chi connectivity index (χ0n) is 9.31. The molecule has 0 aliphatic carbocycles. The number of ketones is 1. The molecule has 0 atom stereocenters. The van der Waals surface area contributed by atoms with Crippen LogP contribution < -0.4 is 0 Å². The van der Waals surface area contributed by atoms with Gasteiger partial charge in [0, 0.05) is 12.0 Å². The van der Waals surface area contributed by atoms with Crippen molar-refractivity contribution in [2.45, 2.75) is 19.5 Å². The van der Waals surface area contributed by atoms with Crippen LogP contribution in [0.2, 0.25) is 0 Å². The number of hydrogen-bond donors (Lipinski definition) is 0. The molecule has 1 aromatic carbocycles. The van der Waals surface area contributed by atoms with Gasteiger partial charge in [0.1, 0.15) is 5.57 Å². The van der Waals surface area contributed by atoms with E-state index in [0.717, 1.165) is 5.56 Å². The lowest BCUT2D eigenvalue weighted by atomic mass is 10.0. The molecular formula is C12H9F5O. The Morgan fingerprint density at radius 2 is 1.61 bits per heavy atom. The molecule has 0 N–H and O–H groups in total. The van der Waals surface area contributed by atoms with E-state index in [2.05, 4.69) is 0 Å². The number of halogens is 5. The first-order chi connectivity index (χ1) is 8.21. The van der Waals surface area contributed by atoms with Crippen molar-refractivity contribution in [3.05, 3.63) is 47.0 Å². The van der Waals surface area contributed by atoms with Gasteiger partial charge in [0.15, 0.2) is 5.78 Å². The Balaban J connectivity index is 2.94. The molecule has 1 rings (SSSR count). The van der Waals surface area contributed by atoms with Crippen LogP contribution in [-0.2, 0) is 0 Å². The minimum Gasteiger partial charge on any atom is -0.294 e. The Hall–Kier alpha value is -1.72. The molecule has 0 aliphatic rings. The van der Waals surface area contributed by atoms with Gasteiger partial charge in [-0.25, -0.2) is 0 Å². The van der Waals surface area contributed by atoms with Crippen molar-refractivity contribution in [1.29, 1.82) is 0 Å². The molecular weight excluding hydrogens is 255 g/mol. The van der Waals surface area contributed by atoms with Gasteiger partial charge >= 0.3 is 6.18 Å². The highest BCUT2D eigenvalue weighted by molar-refractivity contribution is 5.97. The Morgan fingerprint density at radius 3 is 2.00 bits per heavy atom. The summed E-state index contributed by atoms with van der Waals surface area (Å²) in [5.74, 6) is -0.991. The average Bonchev–Trinajstić information content (AvgIpc) is 2.24. The minimum absolute atomic E-state index is 0.0244. The first-order valence-electron chi connectivity index (χ1n) is 4.93. The van der Waals surface area contributed by atoms with Crippen LogP contribution in [0.3, 0.4) is 0 Å². The van der Waals surface area contributed by atoms with Gasteiger partial charge < -0.3 is 0 Å². The van der Waals surface area contributed by atoms with Crippen molar-refractivity contribution < 1.29 is 26.7 Å². The van der Waals surface area contributed by atoms with Crippen LogP contribution in [0.15, 0.2) is 35.9 Å². The zero-order valence-corrected chi connectivity index (χ0v) is 9.31. The summed E-state index contributed by atoms with van der Waals surface area (Å²) in [5, 5.41) is 0. The number of carbonyl (C=O) groups excluding carboxylic acids is 1. The van der Waals surface area contributed by atoms with Crippen LogP contribution in [0, 0.1) is 6.92 Å². The Labute approximate surface area is 99.9 Å². The van der Waals surface area contributed by atoms with E-state index in [4.69, 9.17) is 0 Å². The van der Waals surface area contributed by atoms with Gasteiger partial charge in [-0.05, 0) is 6.92 Å². The van der Waals surface area contributed by atoms with Gasteiger partial charge in [-0.15, -0.1) is 0 Å². The number of benzene rings is 1. The molecule has 0 unspecified atom stereocenters. The minimum atomic E-state index is -5.20. The number of rotatable bonds is 3. The maximum Gasteiger partial charge on any atom is 0.418 e. The number of Topliss-reactive ketones (excluding diaryl/α,β-unsaturated/α-hetero) is 1. The largest absolute Gasteiger partial charge is 0.418 e. The highest BCUT2D eigenvalue weighted by Crippen LogP contribution is 2.32. The van der Waals surface area contributed by atoms with E-state index in [1.54, 1.807) is 6.92 Å². The molecule has 0 heterocycles. The SMILES string of the molecule is Cc1ccc(C(=O)CC(=C(F)F)C(F)(F)F)cc1. The van der Waals surface area contributed by atoms with E-state index in [0.29, 0.717) is 0 Å². The first-order valence-corrected chi connectivity index (χ1v) is 4.93. The number of hydrogen-bond acceptors (Lipinski definition) is 1. The highest BCUT2D eigenvalue weighted by atomic mass is 19.4. The van der Waals surface area contributed by atoms with E-state index in [9.17, 15) is 26.7 Å². The van der Waals surface area contributed by atoms with Crippen molar-refractivity contribution in [1.82, 2.24) is 0 Å². The van der Waals surface area contributed by atoms with Crippen LogP contribution in [0.4, 0.5) is 22.0 Å². The lowest BCUT2D eigenvalue weighted by Crippen LogP contribution is -2.16. The Morgan fingerprint density at radius 1 is 1.11 bits per heavy atom. The summed E-state index contributed by atoms with van der Waals surface area (Å²) in [6.45, 7) is 1.73. The Kier molecular flexibility index (Phi) is 4.21. The predicted octanol–water partition coefficient (Wildman–Crippen LogP) is 4.28. The highest BCUT2D eigenvalue weighted by Gasteiger charge is 2.38. The quantitative estimate of drug-likeness (QED) is 0.588. The smallest absolute Gasteiger partial charge is 0.294 e. The van der Waals surface area contributed by atoms with Gasteiger partial charge in [0.25, 0.3) is 6.08 Å². The van der Waals surface area contributed by atoms with E-state index in [-0.39, 0.29) is 5.56 Å². The summed E-state index contributed by atoms with van der Waals surface area (Å²) in [5.41, 5.74) is -1.30. The first kappa shape index (κ1) is 14.3.